The van der Waals surface area contributed by atoms with Crippen LogP contribution in [0.4, 0.5) is 5.69 Å². The first-order chi connectivity index (χ1) is 9.19. The number of aromatic nitrogens is 1. The van der Waals surface area contributed by atoms with Crippen molar-refractivity contribution in [1.82, 2.24) is 10.3 Å². The highest BCUT2D eigenvalue weighted by atomic mass is 16.5. The van der Waals surface area contributed by atoms with E-state index in [1.54, 1.807) is 43.6 Å². The number of hydrogen-bond donors (Lipinski definition) is 2. The molecule has 0 atom stereocenters. The second kappa shape index (κ2) is 5.86. The number of nitrogens with one attached hydrogen (secondary N) is 1. The number of rotatable bonds is 4. The minimum Gasteiger partial charge on any atom is -0.481 e. The average molecular weight is 257 g/mol. The van der Waals surface area contributed by atoms with Crippen LogP contribution in [0.1, 0.15) is 15.9 Å². The van der Waals surface area contributed by atoms with Crippen molar-refractivity contribution in [2.45, 2.75) is 6.54 Å². The molecule has 1 aromatic heterocycles. The largest absolute Gasteiger partial charge is 0.481 e. The van der Waals surface area contributed by atoms with Crippen molar-refractivity contribution < 1.29 is 9.53 Å². The van der Waals surface area contributed by atoms with Gasteiger partial charge >= 0.3 is 0 Å². The molecule has 3 N–H and O–H groups in total. The number of pyridine rings is 1. The van der Waals surface area contributed by atoms with Crippen LogP contribution in [0.5, 0.6) is 5.88 Å². The lowest BCUT2D eigenvalue weighted by Crippen LogP contribution is -2.22. The number of ether oxygens (including phenoxy) is 1. The minimum absolute atomic E-state index is 0.164. The van der Waals surface area contributed by atoms with Crippen LogP contribution in [0.3, 0.4) is 0 Å². The number of amides is 1. The van der Waals surface area contributed by atoms with Gasteiger partial charge in [-0.15, -0.1) is 0 Å². The molecule has 0 aliphatic rings. The topological polar surface area (TPSA) is 77.2 Å². The maximum atomic E-state index is 11.9. The monoisotopic (exact) mass is 257 g/mol. The number of hydrogen-bond acceptors (Lipinski definition) is 4. The van der Waals surface area contributed by atoms with Crippen molar-refractivity contribution in [1.29, 1.82) is 0 Å². The van der Waals surface area contributed by atoms with E-state index in [0.29, 0.717) is 23.7 Å². The van der Waals surface area contributed by atoms with Gasteiger partial charge in [0.2, 0.25) is 5.88 Å². The summed E-state index contributed by atoms with van der Waals surface area (Å²) in [4.78, 5) is 15.9. The lowest BCUT2D eigenvalue weighted by Gasteiger charge is -2.07. The van der Waals surface area contributed by atoms with Gasteiger partial charge in [-0.2, -0.15) is 0 Å². The Morgan fingerprint density at radius 3 is 2.95 bits per heavy atom. The predicted octanol–water partition coefficient (Wildman–Crippen LogP) is 1.60. The summed E-state index contributed by atoms with van der Waals surface area (Å²) in [6.07, 6.45) is 1.64. The molecule has 0 saturated heterocycles. The quantitative estimate of drug-likeness (QED) is 0.816. The Morgan fingerprint density at radius 2 is 2.21 bits per heavy atom. The first-order valence-corrected chi connectivity index (χ1v) is 5.81. The highest BCUT2D eigenvalue weighted by molar-refractivity contribution is 5.94. The van der Waals surface area contributed by atoms with E-state index in [1.807, 2.05) is 6.07 Å². The number of methoxy groups -OCH3 is 1. The number of nitrogens with zero attached hydrogens (tertiary/aromatic N) is 1. The molecule has 98 valence electrons. The van der Waals surface area contributed by atoms with E-state index >= 15 is 0 Å². The summed E-state index contributed by atoms with van der Waals surface area (Å²) >= 11 is 0. The van der Waals surface area contributed by atoms with Crippen LogP contribution >= 0.6 is 0 Å². The maximum absolute atomic E-state index is 11.9. The summed E-state index contributed by atoms with van der Waals surface area (Å²) < 4.78 is 5.02. The van der Waals surface area contributed by atoms with Gasteiger partial charge in [0.15, 0.2) is 0 Å². The lowest BCUT2D eigenvalue weighted by molar-refractivity contribution is 0.0951. The fourth-order valence-electron chi connectivity index (χ4n) is 1.64. The third kappa shape index (κ3) is 3.45. The second-order valence-corrected chi connectivity index (χ2v) is 4.01. The van der Waals surface area contributed by atoms with Gasteiger partial charge in [0.05, 0.1) is 7.11 Å². The SMILES string of the molecule is COc1cc(CNC(=O)c2cccc(N)c2)ccn1. The van der Waals surface area contributed by atoms with Crippen LogP contribution in [0.15, 0.2) is 42.6 Å². The van der Waals surface area contributed by atoms with Gasteiger partial charge in [0.25, 0.3) is 5.91 Å². The van der Waals surface area contributed by atoms with E-state index in [-0.39, 0.29) is 5.91 Å². The summed E-state index contributed by atoms with van der Waals surface area (Å²) in [5.74, 6) is 0.360. The third-order valence-corrected chi connectivity index (χ3v) is 2.61. The standard InChI is InChI=1S/C14H15N3O2/c1-19-13-7-10(5-6-16-13)9-17-14(18)11-3-2-4-12(15)8-11/h2-8H,9,15H2,1H3,(H,17,18). The zero-order valence-electron chi connectivity index (χ0n) is 10.6. The van der Waals surface area contributed by atoms with Crippen molar-refractivity contribution >= 4 is 11.6 Å². The van der Waals surface area contributed by atoms with Gasteiger partial charge in [0.1, 0.15) is 0 Å². The van der Waals surface area contributed by atoms with E-state index in [1.165, 1.54) is 0 Å². The summed E-state index contributed by atoms with van der Waals surface area (Å²) in [5, 5.41) is 2.82. The van der Waals surface area contributed by atoms with E-state index in [2.05, 4.69) is 10.3 Å². The van der Waals surface area contributed by atoms with Crippen LogP contribution in [-0.4, -0.2) is 18.0 Å². The Balaban J connectivity index is 2.00. The Hall–Kier alpha value is -2.56. The summed E-state index contributed by atoms with van der Waals surface area (Å²) in [5.41, 5.74) is 7.67. The molecule has 5 nitrogen and oxygen atoms in total. The van der Waals surface area contributed by atoms with Gasteiger partial charge in [-0.05, 0) is 29.8 Å². The second-order valence-electron chi connectivity index (χ2n) is 4.01. The number of carbonyl (C=O) groups excluding carboxylic acids is 1. The number of nitrogen functional groups attached to an aromatic ring is 1. The van der Waals surface area contributed by atoms with Crippen molar-refractivity contribution in [2.75, 3.05) is 12.8 Å². The number of anilines is 1. The molecule has 5 heteroatoms. The molecule has 0 aliphatic carbocycles. The summed E-state index contributed by atoms with van der Waals surface area (Å²) in [6, 6.07) is 10.5. The Labute approximate surface area is 111 Å². The van der Waals surface area contributed by atoms with Crippen molar-refractivity contribution in [3.63, 3.8) is 0 Å². The fourth-order valence-corrected chi connectivity index (χ4v) is 1.64. The molecule has 0 spiro atoms. The van der Waals surface area contributed by atoms with Gasteiger partial charge in [-0.3, -0.25) is 4.79 Å². The number of nitrogens with two attached hydrogens (primary N) is 1. The van der Waals surface area contributed by atoms with Crippen LogP contribution < -0.4 is 15.8 Å². The fraction of sp³-hybridized carbons (Fsp3) is 0.143. The Kier molecular flexibility index (Phi) is 3.97. The van der Waals surface area contributed by atoms with Crippen LogP contribution in [0.25, 0.3) is 0 Å². The molecule has 0 radical (unpaired) electrons. The number of benzene rings is 1. The highest BCUT2D eigenvalue weighted by Crippen LogP contribution is 2.09. The highest BCUT2D eigenvalue weighted by Gasteiger charge is 2.05. The van der Waals surface area contributed by atoms with Crippen molar-refractivity contribution in [3.8, 4) is 5.88 Å². The molecule has 2 rings (SSSR count). The lowest BCUT2D eigenvalue weighted by atomic mass is 10.2. The molecule has 0 bridgehead atoms. The van der Waals surface area contributed by atoms with Crippen LogP contribution in [0.2, 0.25) is 0 Å². The molecule has 2 aromatic rings. The summed E-state index contributed by atoms with van der Waals surface area (Å²) in [7, 11) is 1.55. The van der Waals surface area contributed by atoms with Crippen LogP contribution in [0, 0.1) is 0 Å². The average Bonchev–Trinajstić information content (AvgIpc) is 2.45. The third-order valence-electron chi connectivity index (χ3n) is 2.61. The Morgan fingerprint density at radius 1 is 1.37 bits per heavy atom. The molecule has 0 saturated carbocycles. The molecule has 0 unspecified atom stereocenters. The van der Waals surface area contributed by atoms with Crippen molar-refractivity contribution in [3.05, 3.63) is 53.7 Å². The minimum atomic E-state index is -0.164. The van der Waals surface area contributed by atoms with E-state index in [0.717, 1.165) is 5.56 Å². The van der Waals surface area contributed by atoms with E-state index in [4.69, 9.17) is 10.5 Å². The van der Waals surface area contributed by atoms with Gasteiger partial charge in [-0.25, -0.2) is 4.98 Å². The Bertz CT molecular complexity index is 584. The molecule has 1 aromatic carbocycles. The molecule has 1 amide bonds. The maximum Gasteiger partial charge on any atom is 0.251 e. The molecule has 19 heavy (non-hydrogen) atoms. The zero-order chi connectivity index (χ0) is 13.7. The smallest absolute Gasteiger partial charge is 0.251 e. The number of carbonyl (C=O) groups is 1. The van der Waals surface area contributed by atoms with Gasteiger partial charge < -0.3 is 15.8 Å². The van der Waals surface area contributed by atoms with E-state index < -0.39 is 0 Å². The predicted molar refractivity (Wildman–Crippen MR) is 72.8 cm³/mol. The molecule has 0 fully saturated rings. The van der Waals surface area contributed by atoms with Gasteiger partial charge in [-0.1, -0.05) is 6.07 Å². The summed E-state index contributed by atoms with van der Waals surface area (Å²) in [6.45, 7) is 0.409. The first-order valence-electron chi connectivity index (χ1n) is 5.81. The molecular weight excluding hydrogens is 242 g/mol. The molecule has 0 aliphatic heterocycles. The normalized spacial score (nSPS) is 9.95. The van der Waals surface area contributed by atoms with Gasteiger partial charge in [0, 0.05) is 30.1 Å². The molecule has 1 heterocycles. The van der Waals surface area contributed by atoms with E-state index in [9.17, 15) is 4.79 Å². The van der Waals surface area contributed by atoms with Crippen LogP contribution in [-0.2, 0) is 6.54 Å². The van der Waals surface area contributed by atoms with Crippen molar-refractivity contribution in [2.24, 2.45) is 0 Å². The first kappa shape index (κ1) is 12.9. The molecular formula is C14H15N3O2. The zero-order valence-corrected chi connectivity index (χ0v) is 10.6.